The van der Waals surface area contributed by atoms with Crippen LogP contribution in [0.4, 0.5) is 11.4 Å². The number of hydrogen-bond acceptors (Lipinski definition) is 5. The van der Waals surface area contributed by atoms with Gasteiger partial charge in [0, 0.05) is 48.3 Å². The Bertz CT molecular complexity index is 938. The molecule has 8 heteroatoms. The number of hydrogen-bond donors (Lipinski definition) is 4. The number of amides is 3. The molecule has 0 bridgehead atoms. The summed E-state index contributed by atoms with van der Waals surface area (Å²) in [6.07, 6.45) is 0.736. The van der Waals surface area contributed by atoms with Crippen LogP contribution in [0.5, 0.6) is 0 Å². The van der Waals surface area contributed by atoms with Gasteiger partial charge in [-0.2, -0.15) is 0 Å². The maximum Gasteiger partial charge on any atom is 0.251 e. The Hall–Kier alpha value is -3.39. The number of anilines is 2. The van der Waals surface area contributed by atoms with E-state index < -0.39 is 0 Å². The molecule has 0 saturated heterocycles. The van der Waals surface area contributed by atoms with Gasteiger partial charge in [-0.15, -0.1) is 0 Å². The lowest BCUT2D eigenvalue weighted by atomic mass is 10.1. The van der Waals surface area contributed by atoms with Crippen LogP contribution >= 0.6 is 0 Å². The second-order valence-electron chi connectivity index (χ2n) is 8.37. The normalized spacial score (nSPS) is 10.9. The Balaban J connectivity index is 1.89. The van der Waals surface area contributed by atoms with E-state index >= 15 is 0 Å². The Labute approximate surface area is 189 Å². The van der Waals surface area contributed by atoms with Gasteiger partial charge in [-0.05, 0) is 63.6 Å². The van der Waals surface area contributed by atoms with Crippen molar-refractivity contribution in [2.75, 3.05) is 37.4 Å². The first-order chi connectivity index (χ1) is 15.2. The second-order valence-corrected chi connectivity index (χ2v) is 8.37. The highest BCUT2D eigenvalue weighted by atomic mass is 16.5. The minimum absolute atomic E-state index is 0.0112. The summed E-state index contributed by atoms with van der Waals surface area (Å²) in [6, 6.07) is 13.7. The van der Waals surface area contributed by atoms with Crippen LogP contribution in [0.25, 0.3) is 0 Å². The van der Waals surface area contributed by atoms with Gasteiger partial charge in [-0.3, -0.25) is 14.4 Å². The lowest BCUT2D eigenvalue weighted by molar-refractivity contribution is -0.114. The van der Waals surface area contributed by atoms with Crippen molar-refractivity contribution in [2.45, 2.75) is 32.7 Å². The van der Waals surface area contributed by atoms with Gasteiger partial charge in [-0.1, -0.05) is 12.1 Å². The number of methoxy groups -OCH3 is 1. The molecule has 0 aliphatic heterocycles. The number of carbonyl (C=O) groups is 3. The van der Waals surface area contributed by atoms with E-state index in [9.17, 15) is 14.4 Å². The summed E-state index contributed by atoms with van der Waals surface area (Å²) < 4.78 is 4.96. The predicted octanol–water partition coefficient (Wildman–Crippen LogP) is 3.03. The first-order valence-electron chi connectivity index (χ1n) is 10.5. The molecule has 8 nitrogen and oxygen atoms in total. The van der Waals surface area contributed by atoms with Gasteiger partial charge in [0.15, 0.2) is 0 Å². The average Bonchev–Trinajstić information content (AvgIpc) is 2.74. The van der Waals surface area contributed by atoms with Gasteiger partial charge in [0.05, 0.1) is 6.54 Å². The highest BCUT2D eigenvalue weighted by Crippen LogP contribution is 2.13. The summed E-state index contributed by atoms with van der Waals surface area (Å²) in [4.78, 5) is 36.9. The largest absolute Gasteiger partial charge is 0.385 e. The molecule has 0 saturated carbocycles. The molecule has 0 fully saturated rings. The van der Waals surface area contributed by atoms with Crippen LogP contribution in [0, 0.1) is 0 Å². The summed E-state index contributed by atoms with van der Waals surface area (Å²) in [7, 11) is 1.62. The maximum absolute atomic E-state index is 12.4. The van der Waals surface area contributed by atoms with Crippen molar-refractivity contribution < 1.29 is 19.1 Å². The molecule has 2 rings (SSSR count). The fourth-order valence-electron chi connectivity index (χ4n) is 2.83. The van der Waals surface area contributed by atoms with Crippen molar-refractivity contribution in [2.24, 2.45) is 0 Å². The summed E-state index contributed by atoms with van der Waals surface area (Å²) in [6.45, 7) is 6.84. The molecular weight excluding hydrogens is 408 g/mol. The SMILES string of the molecule is COCCCNC(=O)c1cccc(NCC(=O)Nc2cccc(C(=O)NC(C)(C)C)c2)c1. The molecule has 172 valence electrons. The molecule has 2 aromatic carbocycles. The quantitative estimate of drug-likeness (QED) is 0.425. The molecule has 0 radical (unpaired) electrons. The second kappa shape index (κ2) is 11.9. The van der Waals surface area contributed by atoms with Crippen molar-refractivity contribution >= 4 is 29.1 Å². The lowest BCUT2D eigenvalue weighted by Crippen LogP contribution is -2.40. The van der Waals surface area contributed by atoms with Crippen LogP contribution in [0.1, 0.15) is 47.9 Å². The molecule has 0 unspecified atom stereocenters. The third kappa shape index (κ3) is 8.77. The number of rotatable bonds is 10. The predicted molar refractivity (Wildman–Crippen MR) is 126 cm³/mol. The van der Waals surface area contributed by atoms with Crippen LogP contribution < -0.4 is 21.3 Å². The maximum atomic E-state index is 12.4. The first-order valence-corrected chi connectivity index (χ1v) is 10.5. The van der Waals surface area contributed by atoms with Crippen molar-refractivity contribution in [3.05, 3.63) is 59.7 Å². The zero-order valence-corrected chi connectivity index (χ0v) is 19.1. The van der Waals surface area contributed by atoms with Crippen LogP contribution in [0.15, 0.2) is 48.5 Å². The molecule has 4 N–H and O–H groups in total. The van der Waals surface area contributed by atoms with Gasteiger partial charge < -0.3 is 26.0 Å². The third-order valence-electron chi connectivity index (χ3n) is 4.29. The van der Waals surface area contributed by atoms with Crippen LogP contribution in [-0.2, 0) is 9.53 Å². The Morgan fingerprint density at radius 2 is 1.53 bits per heavy atom. The number of ether oxygens (including phenoxy) is 1. The molecule has 0 atom stereocenters. The van der Waals surface area contributed by atoms with E-state index in [1.165, 1.54) is 0 Å². The van der Waals surface area contributed by atoms with Crippen LogP contribution in [-0.4, -0.2) is 50.1 Å². The van der Waals surface area contributed by atoms with Gasteiger partial charge in [0.2, 0.25) is 5.91 Å². The summed E-state index contributed by atoms with van der Waals surface area (Å²) >= 11 is 0. The molecular formula is C24H32N4O4. The zero-order valence-electron chi connectivity index (χ0n) is 19.1. The molecule has 0 aromatic heterocycles. The minimum atomic E-state index is -0.352. The van der Waals surface area contributed by atoms with Crippen molar-refractivity contribution in [1.29, 1.82) is 0 Å². The smallest absolute Gasteiger partial charge is 0.251 e. The van der Waals surface area contributed by atoms with E-state index in [2.05, 4.69) is 21.3 Å². The number of nitrogens with one attached hydrogen (secondary N) is 4. The van der Waals surface area contributed by atoms with E-state index in [4.69, 9.17) is 4.74 Å². The summed E-state index contributed by atoms with van der Waals surface area (Å²) in [5.41, 5.74) is 1.81. The van der Waals surface area contributed by atoms with Gasteiger partial charge in [0.1, 0.15) is 0 Å². The van der Waals surface area contributed by atoms with Crippen molar-refractivity contribution in [3.63, 3.8) is 0 Å². The van der Waals surface area contributed by atoms with Crippen LogP contribution in [0.2, 0.25) is 0 Å². The average molecular weight is 441 g/mol. The molecule has 32 heavy (non-hydrogen) atoms. The Morgan fingerprint density at radius 1 is 0.906 bits per heavy atom. The minimum Gasteiger partial charge on any atom is -0.385 e. The van der Waals surface area contributed by atoms with E-state index in [1.54, 1.807) is 55.6 Å². The lowest BCUT2D eigenvalue weighted by Gasteiger charge is -2.20. The van der Waals surface area contributed by atoms with E-state index in [1.807, 2.05) is 20.8 Å². The Morgan fingerprint density at radius 3 is 2.19 bits per heavy atom. The van der Waals surface area contributed by atoms with Gasteiger partial charge >= 0.3 is 0 Å². The zero-order chi connectivity index (χ0) is 23.6. The molecule has 0 heterocycles. The van der Waals surface area contributed by atoms with Crippen LogP contribution in [0.3, 0.4) is 0 Å². The fourth-order valence-corrected chi connectivity index (χ4v) is 2.83. The van der Waals surface area contributed by atoms with Gasteiger partial charge in [-0.25, -0.2) is 0 Å². The molecule has 2 aromatic rings. The molecule has 0 aliphatic carbocycles. The number of benzene rings is 2. The molecule has 0 aliphatic rings. The monoisotopic (exact) mass is 440 g/mol. The van der Waals surface area contributed by atoms with E-state index in [-0.39, 0.29) is 29.8 Å². The molecule has 0 spiro atoms. The summed E-state index contributed by atoms with van der Waals surface area (Å²) in [5.74, 6) is -0.656. The standard InChI is InChI=1S/C24H32N4O4/c1-24(2,3)28-23(31)18-9-6-11-20(15-18)27-21(29)16-26-19-10-5-8-17(14-19)22(30)25-12-7-13-32-4/h5-6,8-11,14-15,26H,7,12-13,16H2,1-4H3,(H,25,30)(H,27,29)(H,28,31). The van der Waals surface area contributed by atoms with Gasteiger partial charge in [0.25, 0.3) is 11.8 Å². The third-order valence-corrected chi connectivity index (χ3v) is 4.29. The highest BCUT2D eigenvalue weighted by molar-refractivity contribution is 5.98. The van der Waals surface area contributed by atoms with E-state index in [0.29, 0.717) is 35.7 Å². The fraction of sp³-hybridized carbons (Fsp3) is 0.375. The van der Waals surface area contributed by atoms with Crippen molar-refractivity contribution in [3.8, 4) is 0 Å². The Kier molecular flexibility index (Phi) is 9.22. The topological polar surface area (TPSA) is 109 Å². The summed E-state index contributed by atoms with van der Waals surface area (Å²) in [5, 5.41) is 11.5. The highest BCUT2D eigenvalue weighted by Gasteiger charge is 2.15. The van der Waals surface area contributed by atoms with E-state index in [0.717, 1.165) is 6.42 Å². The van der Waals surface area contributed by atoms with Crippen molar-refractivity contribution in [1.82, 2.24) is 10.6 Å². The molecule has 3 amide bonds. The number of carbonyl (C=O) groups excluding carboxylic acids is 3. The first kappa shape index (κ1) is 24.9.